The van der Waals surface area contributed by atoms with E-state index < -0.39 is 10.0 Å². The van der Waals surface area contributed by atoms with Crippen molar-refractivity contribution in [2.45, 2.75) is 17.1 Å². The minimum absolute atomic E-state index is 0.308. The van der Waals surface area contributed by atoms with E-state index >= 15 is 0 Å². The first kappa shape index (κ1) is 17.4. The number of piperidine rings is 1. The van der Waals surface area contributed by atoms with Gasteiger partial charge in [-0.1, -0.05) is 29.8 Å². The fourth-order valence-electron chi connectivity index (χ4n) is 2.59. The fourth-order valence-corrected chi connectivity index (χ4v) is 5.38. The molecule has 2 aromatic rings. The predicted molar refractivity (Wildman–Crippen MR) is 92.9 cm³/mol. The van der Waals surface area contributed by atoms with Crippen LogP contribution >= 0.6 is 22.9 Å². The normalized spacial score (nSPS) is 16.9. The van der Waals surface area contributed by atoms with Gasteiger partial charge in [0.1, 0.15) is 9.96 Å². The van der Waals surface area contributed by atoms with Crippen LogP contribution in [0.4, 0.5) is 0 Å². The Bertz CT molecular complexity index is 812. The highest BCUT2D eigenvalue weighted by Gasteiger charge is 2.33. The van der Waals surface area contributed by atoms with Gasteiger partial charge >= 0.3 is 5.97 Å². The number of benzene rings is 1. The van der Waals surface area contributed by atoms with E-state index in [1.807, 2.05) is 0 Å². The lowest BCUT2D eigenvalue weighted by atomic mass is 9.98. The van der Waals surface area contributed by atoms with Crippen LogP contribution < -0.4 is 4.74 Å². The van der Waals surface area contributed by atoms with E-state index in [1.165, 1.54) is 15.6 Å². The highest BCUT2D eigenvalue weighted by molar-refractivity contribution is 7.91. The molecule has 0 bridgehead atoms. The molecule has 0 atom stereocenters. The van der Waals surface area contributed by atoms with Crippen molar-refractivity contribution in [2.24, 2.45) is 5.92 Å². The number of para-hydroxylation sites is 1. The van der Waals surface area contributed by atoms with Crippen molar-refractivity contribution < 1.29 is 17.9 Å². The van der Waals surface area contributed by atoms with Gasteiger partial charge in [-0.25, -0.2) is 8.42 Å². The summed E-state index contributed by atoms with van der Waals surface area (Å²) in [7, 11) is -3.45. The van der Waals surface area contributed by atoms with Gasteiger partial charge in [0.05, 0.1) is 10.9 Å². The van der Waals surface area contributed by atoms with E-state index in [2.05, 4.69) is 0 Å². The number of halogens is 1. The van der Waals surface area contributed by atoms with Crippen molar-refractivity contribution in [3.8, 4) is 5.75 Å². The van der Waals surface area contributed by atoms with Gasteiger partial charge in [0.25, 0.3) is 10.0 Å². The maximum absolute atomic E-state index is 12.5. The standard InChI is InChI=1S/C16H16ClNO4S2/c17-13-4-1-2-5-14(13)22-16(19)12-7-9-18(10-8-12)24(20,21)15-6-3-11-23-15/h1-6,11-12H,7-10H2. The van der Waals surface area contributed by atoms with Crippen molar-refractivity contribution in [1.29, 1.82) is 0 Å². The van der Waals surface area contributed by atoms with Gasteiger partial charge in [-0.3, -0.25) is 4.79 Å². The minimum Gasteiger partial charge on any atom is -0.425 e. The first-order chi connectivity index (χ1) is 11.5. The summed E-state index contributed by atoms with van der Waals surface area (Å²) in [5, 5.41) is 2.12. The molecule has 1 saturated heterocycles. The molecule has 0 N–H and O–H groups in total. The zero-order valence-corrected chi connectivity index (χ0v) is 15.1. The summed E-state index contributed by atoms with van der Waals surface area (Å²) < 4.78 is 32.0. The lowest BCUT2D eigenvalue weighted by Gasteiger charge is -2.29. The number of thiophene rings is 1. The number of ether oxygens (including phenoxy) is 1. The molecule has 2 heterocycles. The van der Waals surface area contributed by atoms with Crippen molar-refractivity contribution in [3.05, 3.63) is 46.8 Å². The molecule has 0 spiro atoms. The number of carbonyl (C=O) groups is 1. The average Bonchev–Trinajstić information content (AvgIpc) is 3.12. The van der Waals surface area contributed by atoms with Gasteiger partial charge in [0.2, 0.25) is 0 Å². The Balaban J connectivity index is 1.61. The van der Waals surface area contributed by atoms with Gasteiger partial charge in [-0.15, -0.1) is 11.3 Å². The van der Waals surface area contributed by atoms with Crippen molar-refractivity contribution in [3.63, 3.8) is 0 Å². The maximum atomic E-state index is 12.5. The number of carbonyl (C=O) groups excluding carboxylic acids is 1. The quantitative estimate of drug-likeness (QED) is 0.597. The van der Waals surface area contributed by atoms with E-state index in [0.717, 1.165) is 0 Å². The number of esters is 1. The minimum atomic E-state index is -3.45. The lowest BCUT2D eigenvalue weighted by molar-refractivity contribution is -0.140. The van der Waals surface area contributed by atoms with Crippen molar-refractivity contribution in [2.75, 3.05) is 13.1 Å². The Morgan fingerprint density at radius 1 is 1.17 bits per heavy atom. The highest BCUT2D eigenvalue weighted by atomic mass is 35.5. The third kappa shape index (κ3) is 3.64. The fraction of sp³-hybridized carbons (Fsp3) is 0.312. The van der Waals surface area contributed by atoms with Gasteiger partial charge in [0, 0.05) is 13.1 Å². The molecule has 24 heavy (non-hydrogen) atoms. The molecule has 1 aliphatic rings. The predicted octanol–water partition coefficient (Wildman–Crippen LogP) is 3.41. The first-order valence-corrected chi connectivity index (χ1v) is 10.2. The molecule has 0 amide bonds. The van der Waals surface area contributed by atoms with Gasteiger partial charge in [-0.2, -0.15) is 4.31 Å². The van der Waals surface area contributed by atoms with E-state index in [4.69, 9.17) is 16.3 Å². The lowest BCUT2D eigenvalue weighted by Crippen LogP contribution is -2.40. The van der Waals surface area contributed by atoms with Crippen LogP contribution in [0.2, 0.25) is 5.02 Å². The van der Waals surface area contributed by atoms with Crippen LogP contribution in [0, 0.1) is 5.92 Å². The molecule has 128 valence electrons. The Morgan fingerprint density at radius 3 is 2.50 bits per heavy atom. The zero-order valence-electron chi connectivity index (χ0n) is 12.7. The monoisotopic (exact) mass is 385 g/mol. The van der Waals surface area contributed by atoms with Crippen LogP contribution in [0.5, 0.6) is 5.75 Å². The molecule has 3 rings (SSSR count). The van der Waals surface area contributed by atoms with Crippen LogP contribution in [0.1, 0.15) is 12.8 Å². The Morgan fingerprint density at radius 2 is 1.88 bits per heavy atom. The van der Waals surface area contributed by atoms with E-state index in [9.17, 15) is 13.2 Å². The van der Waals surface area contributed by atoms with Crippen molar-refractivity contribution in [1.82, 2.24) is 4.31 Å². The molecule has 1 aromatic heterocycles. The number of hydrogen-bond acceptors (Lipinski definition) is 5. The Kier molecular flexibility index (Phi) is 5.24. The molecule has 0 unspecified atom stereocenters. The molecule has 0 saturated carbocycles. The molecule has 1 fully saturated rings. The second-order valence-corrected chi connectivity index (χ2v) is 8.98. The summed E-state index contributed by atoms with van der Waals surface area (Å²) in [6, 6.07) is 10.1. The smallest absolute Gasteiger partial charge is 0.314 e. The summed E-state index contributed by atoms with van der Waals surface area (Å²) in [5.74, 6) is -0.356. The SMILES string of the molecule is O=C(Oc1ccccc1Cl)C1CCN(S(=O)(=O)c2cccs2)CC1. The summed E-state index contributed by atoms with van der Waals surface area (Å²) >= 11 is 7.18. The highest BCUT2D eigenvalue weighted by Crippen LogP contribution is 2.29. The van der Waals surface area contributed by atoms with Gasteiger partial charge in [-0.05, 0) is 36.4 Å². The number of rotatable bonds is 4. The largest absolute Gasteiger partial charge is 0.425 e. The molecular formula is C16H16ClNO4S2. The third-order valence-electron chi connectivity index (χ3n) is 3.92. The summed E-state index contributed by atoms with van der Waals surface area (Å²) in [6.07, 6.45) is 0.877. The van der Waals surface area contributed by atoms with Crippen LogP contribution in [-0.4, -0.2) is 31.8 Å². The summed E-state index contributed by atoms with van der Waals surface area (Å²) in [5.41, 5.74) is 0. The molecule has 1 aliphatic heterocycles. The maximum Gasteiger partial charge on any atom is 0.314 e. The topological polar surface area (TPSA) is 63.7 Å². The zero-order chi connectivity index (χ0) is 17.2. The number of sulfonamides is 1. The third-order valence-corrected chi connectivity index (χ3v) is 7.51. The van der Waals surface area contributed by atoms with Crippen LogP contribution in [-0.2, 0) is 14.8 Å². The van der Waals surface area contributed by atoms with E-state index in [1.54, 1.807) is 41.8 Å². The van der Waals surface area contributed by atoms with Gasteiger partial charge in [0.15, 0.2) is 0 Å². The molecule has 1 aromatic carbocycles. The van der Waals surface area contributed by atoms with Crippen LogP contribution in [0.25, 0.3) is 0 Å². The number of nitrogens with zero attached hydrogens (tertiary/aromatic N) is 1. The van der Waals surface area contributed by atoms with E-state index in [-0.39, 0.29) is 11.9 Å². The van der Waals surface area contributed by atoms with Crippen molar-refractivity contribution >= 4 is 38.9 Å². The first-order valence-electron chi connectivity index (χ1n) is 7.48. The van der Waals surface area contributed by atoms with Gasteiger partial charge < -0.3 is 4.74 Å². The Hall–Kier alpha value is -1.41. The second-order valence-electron chi connectivity index (χ2n) is 5.46. The molecular weight excluding hydrogens is 370 g/mol. The molecule has 0 aliphatic carbocycles. The summed E-state index contributed by atoms with van der Waals surface area (Å²) in [6.45, 7) is 0.616. The Labute approximate surface area is 149 Å². The average molecular weight is 386 g/mol. The molecule has 8 heteroatoms. The van der Waals surface area contributed by atoms with Crippen LogP contribution in [0.15, 0.2) is 46.0 Å². The number of hydrogen-bond donors (Lipinski definition) is 0. The van der Waals surface area contributed by atoms with E-state index in [0.29, 0.717) is 40.9 Å². The molecule has 5 nitrogen and oxygen atoms in total. The van der Waals surface area contributed by atoms with Crippen LogP contribution in [0.3, 0.4) is 0 Å². The molecule has 0 radical (unpaired) electrons. The summed E-state index contributed by atoms with van der Waals surface area (Å²) in [4.78, 5) is 12.3. The second kappa shape index (κ2) is 7.23.